The quantitative estimate of drug-likeness (QED) is 0.861. The molecule has 114 valence electrons. The van der Waals surface area contributed by atoms with E-state index in [1.807, 2.05) is 0 Å². The minimum Gasteiger partial charge on any atom is -0.465 e. The Balaban J connectivity index is 1.61. The third kappa shape index (κ3) is 2.94. The van der Waals surface area contributed by atoms with E-state index in [9.17, 15) is 9.18 Å². The first-order chi connectivity index (χ1) is 10.2. The van der Waals surface area contributed by atoms with Gasteiger partial charge in [0.1, 0.15) is 5.82 Å². The van der Waals surface area contributed by atoms with Gasteiger partial charge < -0.3 is 10.1 Å². The highest BCUT2D eigenvalue weighted by atomic mass is 19.1. The molecule has 0 amide bonds. The zero-order valence-electron chi connectivity index (χ0n) is 12.3. The molecule has 1 aromatic rings. The first kappa shape index (κ1) is 14.5. The second-order valence-corrected chi connectivity index (χ2v) is 5.83. The van der Waals surface area contributed by atoms with Crippen LogP contribution in [0.3, 0.4) is 0 Å². The van der Waals surface area contributed by atoms with Crippen molar-refractivity contribution in [2.24, 2.45) is 0 Å². The zero-order valence-corrected chi connectivity index (χ0v) is 12.3. The average Bonchev–Trinajstić information content (AvgIpc) is 3.08. The molecule has 2 heterocycles. The van der Waals surface area contributed by atoms with Crippen LogP contribution < -0.4 is 5.32 Å². The van der Waals surface area contributed by atoms with Crippen LogP contribution in [0, 0.1) is 5.82 Å². The molecule has 5 heteroatoms. The standard InChI is InChI=1S/C16H21FN2O2/c1-21-16(20)12-5-4-11(9-13(12)17)10-18-14-6-8-19-7-2-3-15(14)19/h4-5,9,14-15,18H,2-3,6-8,10H2,1H3. The van der Waals surface area contributed by atoms with Crippen LogP contribution in [0.1, 0.15) is 35.2 Å². The molecular formula is C16H21FN2O2. The largest absolute Gasteiger partial charge is 0.465 e. The molecule has 2 saturated heterocycles. The normalized spacial score (nSPS) is 25.0. The number of ether oxygens (including phenoxy) is 1. The Bertz CT molecular complexity index is 535. The van der Waals surface area contributed by atoms with Gasteiger partial charge in [0.05, 0.1) is 12.7 Å². The van der Waals surface area contributed by atoms with Gasteiger partial charge >= 0.3 is 5.97 Å². The van der Waals surface area contributed by atoms with E-state index < -0.39 is 11.8 Å². The first-order valence-corrected chi connectivity index (χ1v) is 7.53. The van der Waals surface area contributed by atoms with Gasteiger partial charge in [-0.15, -0.1) is 0 Å². The molecule has 1 aromatic carbocycles. The number of nitrogens with zero attached hydrogens (tertiary/aromatic N) is 1. The highest BCUT2D eigenvalue weighted by Gasteiger charge is 2.36. The molecule has 2 fully saturated rings. The Morgan fingerprint density at radius 1 is 1.43 bits per heavy atom. The molecule has 3 rings (SSSR count). The van der Waals surface area contributed by atoms with Gasteiger partial charge in [-0.1, -0.05) is 6.07 Å². The molecule has 0 aromatic heterocycles. The van der Waals surface area contributed by atoms with Gasteiger partial charge in [-0.3, -0.25) is 4.90 Å². The van der Waals surface area contributed by atoms with Crippen LogP contribution in [0.15, 0.2) is 18.2 Å². The van der Waals surface area contributed by atoms with Gasteiger partial charge in [0, 0.05) is 25.2 Å². The van der Waals surface area contributed by atoms with Crippen molar-refractivity contribution < 1.29 is 13.9 Å². The van der Waals surface area contributed by atoms with E-state index in [0.717, 1.165) is 18.5 Å². The number of hydrogen-bond acceptors (Lipinski definition) is 4. The molecule has 0 aliphatic carbocycles. The van der Waals surface area contributed by atoms with Crippen molar-refractivity contribution in [1.82, 2.24) is 10.2 Å². The van der Waals surface area contributed by atoms with Crippen molar-refractivity contribution in [2.45, 2.75) is 37.9 Å². The van der Waals surface area contributed by atoms with Crippen LogP contribution in [-0.2, 0) is 11.3 Å². The molecule has 21 heavy (non-hydrogen) atoms. The fourth-order valence-corrected chi connectivity index (χ4v) is 3.51. The van der Waals surface area contributed by atoms with E-state index in [0.29, 0.717) is 18.6 Å². The lowest BCUT2D eigenvalue weighted by Crippen LogP contribution is -2.38. The molecule has 0 saturated carbocycles. The lowest BCUT2D eigenvalue weighted by Gasteiger charge is -2.21. The molecule has 2 aliphatic heterocycles. The Labute approximate surface area is 124 Å². The number of halogens is 1. The number of hydrogen-bond donors (Lipinski definition) is 1. The number of methoxy groups -OCH3 is 1. The van der Waals surface area contributed by atoms with Gasteiger partial charge in [0.25, 0.3) is 0 Å². The average molecular weight is 292 g/mol. The third-order valence-corrected chi connectivity index (χ3v) is 4.61. The van der Waals surface area contributed by atoms with E-state index in [1.165, 1.54) is 38.6 Å². The lowest BCUT2D eigenvalue weighted by molar-refractivity contribution is 0.0595. The number of fused-ring (bicyclic) bond motifs is 1. The van der Waals surface area contributed by atoms with Crippen molar-refractivity contribution in [3.8, 4) is 0 Å². The Hall–Kier alpha value is -1.46. The molecule has 2 atom stereocenters. The summed E-state index contributed by atoms with van der Waals surface area (Å²) in [6.45, 7) is 3.01. The molecule has 2 unspecified atom stereocenters. The number of benzene rings is 1. The number of nitrogens with one attached hydrogen (secondary N) is 1. The molecular weight excluding hydrogens is 271 g/mol. The Kier molecular flexibility index (Phi) is 4.22. The smallest absolute Gasteiger partial charge is 0.340 e. The number of esters is 1. The minimum atomic E-state index is -0.635. The van der Waals surface area contributed by atoms with Gasteiger partial charge in [-0.2, -0.15) is 0 Å². The van der Waals surface area contributed by atoms with Gasteiger partial charge in [-0.25, -0.2) is 9.18 Å². The highest BCUT2D eigenvalue weighted by Crippen LogP contribution is 2.28. The summed E-state index contributed by atoms with van der Waals surface area (Å²) >= 11 is 0. The maximum atomic E-state index is 13.9. The monoisotopic (exact) mass is 292 g/mol. The maximum Gasteiger partial charge on any atom is 0.340 e. The Morgan fingerprint density at radius 2 is 2.29 bits per heavy atom. The molecule has 4 nitrogen and oxygen atoms in total. The van der Waals surface area contributed by atoms with E-state index >= 15 is 0 Å². The first-order valence-electron chi connectivity index (χ1n) is 7.53. The zero-order chi connectivity index (χ0) is 14.8. The molecule has 0 radical (unpaired) electrons. The van der Waals surface area contributed by atoms with Crippen LogP contribution in [0.5, 0.6) is 0 Å². The van der Waals surface area contributed by atoms with Gasteiger partial charge in [-0.05, 0) is 43.5 Å². The van der Waals surface area contributed by atoms with Crippen molar-refractivity contribution in [1.29, 1.82) is 0 Å². The number of carbonyl (C=O) groups excluding carboxylic acids is 1. The van der Waals surface area contributed by atoms with Crippen LogP contribution in [0.4, 0.5) is 4.39 Å². The second kappa shape index (κ2) is 6.12. The predicted molar refractivity (Wildman–Crippen MR) is 77.6 cm³/mol. The predicted octanol–water partition coefficient (Wildman–Crippen LogP) is 1.94. The number of carbonyl (C=O) groups is 1. The van der Waals surface area contributed by atoms with Crippen LogP contribution >= 0.6 is 0 Å². The molecule has 0 spiro atoms. The van der Waals surface area contributed by atoms with E-state index in [-0.39, 0.29) is 5.56 Å². The summed E-state index contributed by atoms with van der Waals surface area (Å²) < 4.78 is 18.4. The fraction of sp³-hybridized carbons (Fsp3) is 0.562. The van der Waals surface area contributed by atoms with Crippen molar-refractivity contribution in [2.75, 3.05) is 20.2 Å². The molecule has 1 N–H and O–H groups in total. The highest BCUT2D eigenvalue weighted by molar-refractivity contribution is 5.89. The minimum absolute atomic E-state index is 0.0101. The van der Waals surface area contributed by atoms with Gasteiger partial charge in [0.2, 0.25) is 0 Å². The maximum absolute atomic E-state index is 13.9. The van der Waals surface area contributed by atoms with E-state index in [1.54, 1.807) is 6.07 Å². The van der Waals surface area contributed by atoms with Crippen LogP contribution in [0.2, 0.25) is 0 Å². The summed E-state index contributed by atoms with van der Waals surface area (Å²) in [4.78, 5) is 13.9. The summed E-state index contributed by atoms with van der Waals surface area (Å²) in [5.74, 6) is -1.15. The van der Waals surface area contributed by atoms with Crippen LogP contribution in [-0.4, -0.2) is 43.2 Å². The van der Waals surface area contributed by atoms with Crippen molar-refractivity contribution in [3.05, 3.63) is 35.1 Å². The van der Waals surface area contributed by atoms with Gasteiger partial charge in [0.15, 0.2) is 0 Å². The van der Waals surface area contributed by atoms with E-state index in [2.05, 4.69) is 15.0 Å². The van der Waals surface area contributed by atoms with Crippen molar-refractivity contribution in [3.63, 3.8) is 0 Å². The molecule has 2 aliphatic rings. The SMILES string of the molecule is COC(=O)c1ccc(CNC2CCN3CCCC23)cc1F. The fourth-order valence-electron chi connectivity index (χ4n) is 3.51. The Morgan fingerprint density at radius 3 is 3.05 bits per heavy atom. The van der Waals surface area contributed by atoms with E-state index in [4.69, 9.17) is 0 Å². The summed E-state index contributed by atoms with van der Waals surface area (Å²) in [5.41, 5.74) is 0.848. The second-order valence-electron chi connectivity index (χ2n) is 5.83. The lowest BCUT2D eigenvalue weighted by atomic mass is 10.1. The van der Waals surface area contributed by atoms with Crippen molar-refractivity contribution >= 4 is 5.97 Å². The summed E-state index contributed by atoms with van der Waals surface area (Å²) in [5, 5.41) is 3.53. The summed E-state index contributed by atoms with van der Waals surface area (Å²) in [6.07, 6.45) is 3.70. The summed E-state index contributed by atoms with van der Waals surface area (Å²) in [6, 6.07) is 5.83. The topological polar surface area (TPSA) is 41.6 Å². The van der Waals surface area contributed by atoms with Crippen LogP contribution in [0.25, 0.3) is 0 Å². The number of rotatable bonds is 4. The third-order valence-electron chi connectivity index (χ3n) is 4.61. The molecule has 0 bridgehead atoms. The summed E-state index contributed by atoms with van der Waals surface area (Å²) in [7, 11) is 1.25.